The van der Waals surface area contributed by atoms with Crippen molar-refractivity contribution in [2.75, 3.05) is 5.75 Å². The van der Waals surface area contributed by atoms with Crippen LogP contribution in [-0.2, 0) is 5.75 Å². The lowest BCUT2D eigenvalue weighted by Crippen LogP contribution is -2.03. The topological polar surface area (TPSA) is 50.4 Å². The molecule has 0 aliphatic heterocycles. The summed E-state index contributed by atoms with van der Waals surface area (Å²) in [7, 11) is 0. The largest absolute Gasteiger partial charge is 0.423 e. The molecule has 1 aromatic heterocycles. The number of aliphatic hydroxyl groups excluding tert-OH is 1. The maximum Gasteiger partial charge on any atom is 0.336 e. The fourth-order valence-electron chi connectivity index (χ4n) is 2.52. The first-order valence-electron chi connectivity index (χ1n) is 7.58. The minimum absolute atomic E-state index is 0.372. The zero-order valence-corrected chi connectivity index (χ0v) is 14.7. The summed E-state index contributed by atoms with van der Waals surface area (Å²) >= 11 is 7.77. The molecular weight excluding hydrogens is 344 g/mol. The van der Waals surface area contributed by atoms with E-state index in [1.807, 2.05) is 43.3 Å². The Morgan fingerprint density at radius 1 is 1.21 bits per heavy atom. The number of rotatable bonds is 5. The van der Waals surface area contributed by atoms with Crippen LogP contribution in [0.15, 0.2) is 57.7 Å². The summed E-state index contributed by atoms with van der Waals surface area (Å²) in [5.74, 6) is 1.15. The van der Waals surface area contributed by atoms with E-state index in [4.69, 9.17) is 16.0 Å². The number of fused-ring (bicyclic) bond motifs is 1. The lowest BCUT2D eigenvalue weighted by atomic mass is 10.1. The Bertz CT molecular complexity index is 906. The third kappa shape index (κ3) is 3.83. The van der Waals surface area contributed by atoms with Gasteiger partial charge in [0.05, 0.1) is 6.10 Å². The van der Waals surface area contributed by atoms with Crippen LogP contribution in [0.3, 0.4) is 0 Å². The fourth-order valence-corrected chi connectivity index (χ4v) is 3.68. The van der Waals surface area contributed by atoms with Crippen molar-refractivity contribution >= 4 is 34.3 Å². The van der Waals surface area contributed by atoms with E-state index >= 15 is 0 Å². The van der Waals surface area contributed by atoms with Gasteiger partial charge in [0, 0.05) is 28.0 Å². The van der Waals surface area contributed by atoms with Gasteiger partial charge in [-0.25, -0.2) is 4.79 Å². The maximum atomic E-state index is 11.8. The average molecular weight is 361 g/mol. The first-order chi connectivity index (χ1) is 11.5. The lowest BCUT2D eigenvalue weighted by Gasteiger charge is -2.11. The standard InChI is InChI=1S/C19H17ClO3S/c1-12-7-18-15(9-16(12)20)14(8-19(22)23-18)10-24-11-17(21)13-5-3-2-4-6-13/h2-9,17,21H,10-11H2,1H3. The Balaban J connectivity index is 1.78. The first kappa shape index (κ1) is 17.1. The number of benzene rings is 2. The van der Waals surface area contributed by atoms with Gasteiger partial charge in [0.1, 0.15) is 5.58 Å². The summed E-state index contributed by atoms with van der Waals surface area (Å²) in [6, 6.07) is 14.7. The summed E-state index contributed by atoms with van der Waals surface area (Å²) in [5.41, 5.74) is 2.80. The third-order valence-corrected chi connectivity index (χ3v) is 5.30. The molecule has 1 heterocycles. The molecule has 0 aliphatic rings. The highest BCUT2D eigenvalue weighted by Gasteiger charge is 2.11. The summed E-state index contributed by atoms with van der Waals surface area (Å²) in [6.45, 7) is 1.87. The second-order valence-corrected chi connectivity index (χ2v) is 7.07. The monoisotopic (exact) mass is 360 g/mol. The normalized spacial score (nSPS) is 12.5. The minimum atomic E-state index is -0.534. The van der Waals surface area contributed by atoms with Crippen LogP contribution in [0.1, 0.15) is 22.8 Å². The van der Waals surface area contributed by atoms with Gasteiger partial charge in [-0.15, -0.1) is 0 Å². The molecule has 0 radical (unpaired) electrons. The SMILES string of the molecule is Cc1cc2oc(=O)cc(CSCC(O)c3ccccc3)c2cc1Cl. The van der Waals surface area contributed by atoms with Crippen molar-refractivity contribution in [1.29, 1.82) is 0 Å². The van der Waals surface area contributed by atoms with Gasteiger partial charge in [0.15, 0.2) is 0 Å². The van der Waals surface area contributed by atoms with Crippen LogP contribution < -0.4 is 5.63 Å². The molecule has 3 rings (SSSR count). The van der Waals surface area contributed by atoms with E-state index in [1.54, 1.807) is 17.8 Å². The smallest absolute Gasteiger partial charge is 0.336 e. The van der Waals surface area contributed by atoms with Gasteiger partial charge in [-0.1, -0.05) is 41.9 Å². The molecule has 3 aromatic rings. The van der Waals surface area contributed by atoms with E-state index in [0.29, 0.717) is 22.1 Å². The highest BCUT2D eigenvalue weighted by atomic mass is 35.5. The molecule has 0 fully saturated rings. The molecule has 2 aromatic carbocycles. The fraction of sp³-hybridized carbons (Fsp3) is 0.211. The lowest BCUT2D eigenvalue weighted by molar-refractivity contribution is 0.204. The molecule has 0 spiro atoms. The number of halogens is 1. The molecular formula is C19H17ClO3S. The minimum Gasteiger partial charge on any atom is -0.423 e. The Labute approximate surface area is 149 Å². The Morgan fingerprint density at radius 2 is 1.96 bits per heavy atom. The van der Waals surface area contributed by atoms with Crippen LogP contribution in [0.2, 0.25) is 5.02 Å². The Kier molecular flexibility index (Phi) is 5.29. The number of aliphatic hydroxyl groups is 1. The van der Waals surface area contributed by atoms with Gasteiger partial charge in [-0.2, -0.15) is 11.8 Å². The molecule has 5 heteroatoms. The molecule has 0 bridgehead atoms. The van der Waals surface area contributed by atoms with Crippen LogP contribution in [0.5, 0.6) is 0 Å². The Morgan fingerprint density at radius 3 is 2.71 bits per heavy atom. The molecule has 0 aliphatic carbocycles. The second-order valence-electron chi connectivity index (χ2n) is 5.63. The molecule has 0 amide bonds. The highest BCUT2D eigenvalue weighted by molar-refractivity contribution is 7.98. The first-order valence-corrected chi connectivity index (χ1v) is 9.11. The van der Waals surface area contributed by atoms with Crippen LogP contribution >= 0.6 is 23.4 Å². The average Bonchev–Trinajstić information content (AvgIpc) is 2.57. The number of hydrogen-bond acceptors (Lipinski definition) is 4. The number of aryl methyl sites for hydroxylation is 1. The summed E-state index contributed by atoms with van der Waals surface area (Å²) < 4.78 is 5.26. The summed E-state index contributed by atoms with van der Waals surface area (Å²) in [4.78, 5) is 11.8. The van der Waals surface area contributed by atoms with Crippen molar-refractivity contribution in [3.8, 4) is 0 Å². The zero-order chi connectivity index (χ0) is 17.1. The van der Waals surface area contributed by atoms with Crippen LogP contribution in [-0.4, -0.2) is 10.9 Å². The van der Waals surface area contributed by atoms with Gasteiger partial charge in [0.25, 0.3) is 0 Å². The van der Waals surface area contributed by atoms with Gasteiger partial charge in [-0.05, 0) is 35.7 Å². The number of hydrogen-bond donors (Lipinski definition) is 1. The quantitative estimate of drug-likeness (QED) is 0.669. The van der Waals surface area contributed by atoms with E-state index in [2.05, 4.69) is 0 Å². The highest BCUT2D eigenvalue weighted by Crippen LogP contribution is 2.28. The number of thioether (sulfide) groups is 1. The molecule has 1 unspecified atom stereocenters. The van der Waals surface area contributed by atoms with Gasteiger partial charge in [-0.3, -0.25) is 0 Å². The van der Waals surface area contributed by atoms with Crippen molar-refractivity contribution in [2.45, 2.75) is 18.8 Å². The van der Waals surface area contributed by atoms with Crippen LogP contribution in [0, 0.1) is 6.92 Å². The van der Waals surface area contributed by atoms with Crippen molar-refractivity contribution < 1.29 is 9.52 Å². The van der Waals surface area contributed by atoms with Gasteiger partial charge in [0.2, 0.25) is 0 Å². The molecule has 1 N–H and O–H groups in total. The van der Waals surface area contributed by atoms with Crippen molar-refractivity contribution in [3.05, 3.63) is 80.7 Å². The van der Waals surface area contributed by atoms with Crippen LogP contribution in [0.25, 0.3) is 11.0 Å². The predicted octanol–water partition coefficient (Wildman–Crippen LogP) is 4.72. The van der Waals surface area contributed by atoms with E-state index < -0.39 is 6.10 Å². The molecule has 1 atom stereocenters. The molecule has 3 nitrogen and oxygen atoms in total. The van der Waals surface area contributed by atoms with Crippen molar-refractivity contribution in [2.24, 2.45) is 0 Å². The second kappa shape index (κ2) is 7.43. The van der Waals surface area contributed by atoms with Crippen LogP contribution in [0.4, 0.5) is 0 Å². The predicted molar refractivity (Wildman–Crippen MR) is 99.8 cm³/mol. The van der Waals surface area contributed by atoms with Crippen molar-refractivity contribution in [3.63, 3.8) is 0 Å². The van der Waals surface area contributed by atoms with Gasteiger partial charge >= 0.3 is 5.63 Å². The Hall–Kier alpha value is -1.75. The maximum absolute atomic E-state index is 11.8. The zero-order valence-electron chi connectivity index (χ0n) is 13.2. The summed E-state index contributed by atoms with van der Waals surface area (Å²) in [5, 5.41) is 11.7. The molecule has 24 heavy (non-hydrogen) atoms. The van der Waals surface area contributed by atoms with E-state index in [1.165, 1.54) is 6.07 Å². The third-order valence-electron chi connectivity index (χ3n) is 3.83. The van der Waals surface area contributed by atoms with E-state index in [9.17, 15) is 9.90 Å². The summed E-state index contributed by atoms with van der Waals surface area (Å²) in [6.07, 6.45) is -0.534. The van der Waals surface area contributed by atoms with E-state index in [-0.39, 0.29) is 5.63 Å². The molecule has 0 saturated heterocycles. The molecule has 0 saturated carbocycles. The molecule has 124 valence electrons. The van der Waals surface area contributed by atoms with Crippen molar-refractivity contribution in [1.82, 2.24) is 0 Å². The van der Waals surface area contributed by atoms with Gasteiger partial charge < -0.3 is 9.52 Å². The van der Waals surface area contributed by atoms with E-state index in [0.717, 1.165) is 22.1 Å².